The third-order valence-corrected chi connectivity index (χ3v) is 3.79. The van der Waals surface area contributed by atoms with Crippen LogP contribution in [0.5, 0.6) is 0 Å². The highest BCUT2D eigenvalue weighted by molar-refractivity contribution is 7.99. The maximum absolute atomic E-state index is 14.1. The van der Waals surface area contributed by atoms with Crippen molar-refractivity contribution in [2.75, 3.05) is 0 Å². The predicted octanol–water partition coefficient (Wildman–Crippen LogP) is 2.99. The van der Waals surface area contributed by atoms with Gasteiger partial charge in [0, 0.05) is 19.1 Å². The van der Waals surface area contributed by atoms with E-state index >= 15 is 0 Å². The molecule has 0 spiro atoms. The summed E-state index contributed by atoms with van der Waals surface area (Å²) in [5.41, 5.74) is 0.947. The number of hydrogen-bond donors (Lipinski definition) is 1. The fourth-order valence-corrected chi connectivity index (χ4v) is 2.34. The average molecular weight is 294 g/mol. The molecule has 0 saturated heterocycles. The molecular formula is C14H19FN4S. The first kappa shape index (κ1) is 15.0. The maximum atomic E-state index is 14.1. The van der Waals surface area contributed by atoms with E-state index in [1.54, 1.807) is 23.0 Å². The Hall–Kier alpha value is -1.40. The van der Waals surface area contributed by atoms with Gasteiger partial charge in [-0.2, -0.15) is 0 Å². The van der Waals surface area contributed by atoms with Crippen LogP contribution in [0.3, 0.4) is 0 Å². The lowest BCUT2D eigenvalue weighted by Crippen LogP contribution is -2.35. The van der Waals surface area contributed by atoms with Crippen LogP contribution in [0, 0.1) is 5.82 Å². The molecule has 0 bridgehead atoms. The van der Waals surface area contributed by atoms with Crippen LogP contribution in [-0.2, 0) is 13.6 Å². The molecule has 1 N–H and O–H groups in total. The molecule has 0 radical (unpaired) electrons. The lowest BCUT2D eigenvalue weighted by Gasteiger charge is -2.20. The number of nitrogens with zero attached hydrogens (tertiary/aromatic N) is 3. The lowest BCUT2D eigenvalue weighted by molar-refractivity contribution is 0.423. The SMILES string of the molecule is Cn1cnnc1Sc1ccc(CNC(C)(C)C)cc1F. The summed E-state index contributed by atoms with van der Waals surface area (Å²) in [6.45, 7) is 6.90. The second kappa shape index (κ2) is 5.93. The van der Waals surface area contributed by atoms with Gasteiger partial charge in [0.05, 0.1) is 4.90 Å². The van der Waals surface area contributed by atoms with Gasteiger partial charge in [-0.25, -0.2) is 4.39 Å². The minimum absolute atomic E-state index is 0.0164. The van der Waals surface area contributed by atoms with Crippen molar-refractivity contribution in [1.82, 2.24) is 20.1 Å². The number of aromatic nitrogens is 3. The van der Waals surface area contributed by atoms with E-state index in [2.05, 4.69) is 36.3 Å². The molecule has 1 heterocycles. The highest BCUT2D eigenvalue weighted by atomic mass is 32.2. The summed E-state index contributed by atoms with van der Waals surface area (Å²) in [4.78, 5) is 0.556. The second-order valence-corrected chi connectivity index (χ2v) is 6.70. The number of aryl methyl sites for hydroxylation is 1. The van der Waals surface area contributed by atoms with Crippen molar-refractivity contribution >= 4 is 11.8 Å². The molecule has 108 valence electrons. The van der Waals surface area contributed by atoms with Gasteiger partial charge in [0.15, 0.2) is 5.16 Å². The third kappa shape index (κ3) is 4.05. The smallest absolute Gasteiger partial charge is 0.195 e. The molecule has 20 heavy (non-hydrogen) atoms. The van der Waals surface area contributed by atoms with Crippen LogP contribution in [-0.4, -0.2) is 20.3 Å². The average Bonchev–Trinajstić information content (AvgIpc) is 2.75. The van der Waals surface area contributed by atoms with E-state index in [-0.39, 0.29) is 11.4 Å². The summed E-state index contributed by atoms with van der Waals surface area (Å²) < 4.78 is 15.9. The van der Waals surface area contributed by atoms with Crippen LogP contribution < -0.4 is 5.32 Å². The molecular weight excluding hydrogens is 275 g/mol. The zero-order chi connectivity index (χ0) is 14.8. The number of halogens is 1. The first-order valence-corrected chi connectivity index (χ1v) is 7.22. The minimum atomic E-state index is -0.230. The maximum Gasteiger partial charge on any atom is 0.195 e. The van der Waals surface area contributed by atoms with E-state index in [0.717, 1.165) is 5.56 Å². The number of benzene rings is 1. The van der Waals surface area contributed by atoms with Crippen LogP contribution in [0.25, 0.3) is 0 Å². The zero-order valence-electron chi connectivity index (χ0n) is 12.1. The zero-order valence-corrected chi connectivity index (χ0v) is 13.0. The van der Waals surface area contributed by atoms with Gasteiger partial charge < -0.3 is 9.88 Å². The van der Waals surface area contributed by atoms with Crippen LogP contribution in [0.15, 0.2) is 34.6 Å². The fourth-order valence-electron chi connectivity index (χ4n) is 1.57. The lowest BCUT2D eigenvalue weighted by atomic mass is 10.1. The van der Waals surface area contributed by atoms with Gasteiger partial charge in [-0.05, 0) is 50.2 Å². The highest BCUT2D eigenvalue weighted by Crippen LogP contribution is 2.28. The molecule has 0 fully saturated rings. The molecule has 0 aliphatic rings. The van der Waals surface area contributed by atoms with Gasteiger partial charge >= 0.3 is 0 Å². The van der Waals surface area contributed by atoms with Crippen LogP contribution in [0.1, 0.15) is 26.3 Å². The fraction of sp³-hybridized carbons (Fsp3) is 0.429. The van der Waals surface area contributed by atoms with Crippen LogP contribution in [0.2, 0.25) is 0 Å². The Balaban J connectivity index is 2.08. The Morgan fingerprint density at radius 3 is 2.65 bits per heavy atom. The van der Waals surface area contributed by atoms with Gasteiger partial charge in [0.2, 0.25) is 0 Å². The first-order chi connectivity index (χ1) is 9.35. The first-order valence-electron chi connectivity index (χ1n) is 6.40. The second-order valence-electron chi connectivity index (χ2n) is 5.69. The van der Waals surface area contributed by atoms with E-state index in [1.807, 2.05) is 13.1 Å². The number of rotatable bonds is 4. The van der Waals surface area contributed by atoms with E-state index in [0.29, 0.717) is 16.6 Å². The Kier molecular flexibility index (Phi) is 4.45. The molecule has 2 aromatic rings. The van der Waals surface area contributed by atoms with E-state index < -0.39 is 0 Å². The molecule has 2 rings (SSSR count). The van der Waals surface area contributed by atoms with E-state index in [9.17, 15) is 4.39 Å². The quantitative estimate of drug-likeness (QED) is 0.941. The van der Waals surface area contributed by atoms with Crippen molar-refractivity contribution in [2.45, 2.75) is 42.9 Å². The minimum Gasteiger partial charge on any atom is -0.311 e. The van der Waals surface area contributed by atoms with Crippen LogP contribution in [0.4, 0.5) is 4.39 Å². The van der Waals surface area contributed by atoms with Crippen molar-refractivity contribution in [2.24, 2.45) is 7.05 Å². The third-order valence-electron chi connectivity index (χ3n) is 2.69. The molecule has 1 aromatic carbocycles. The summed E-state index contributed by atoms with van der Waals surface area (Å²) in [6.07, 6.45) is 1.60. The molecule has 0 aliphatic heterocycles. The molecule has 1 aromatic heterocycles. The summed E-state index contributed by atoms with van der Waals surface area (Å²) in [5.74, 6) is -0.230. The molecule has 0 atom stereocenters. The number of hydrogen-bond acceptors (Lipinski definition) is 4. The number of nitrogens with one attached hydrogen (secondary N) is 1. The summed E-state index contributed by atoms with van der Waals surface area (Å²) in [5, 5.41) is 11.7. The molecule has 6 heteroatoms. The van der Waals surface area contributed by atoms with Crippen LogP contribution >= 0.6 is 11.8 Å². The predicted molar refractivity (Wildman–Crippen MR) is 78.1 cm³/mol. The Morgan fingerprint density at radius 2 is 2.10 bits per heavy atom. The summed E-state index contributed by atoms with van der Waals surface area (Å²) in [6, 6.07) is 5.28. The van der Waals surface area contributed by atoms with Crippen molar-refractivity contribution in [3.63, 3.8) is 0 Å². The topological polar surface area (TPSA) is 42.7 Å². The normalized spacial score (nSPS) is 11.8. The molecule has 0 amide bonds. The van der Waals surface area contributed by atoms with Gasteiger partial charge in [0.1, 0.15) is 12.1 Å². The van der Waals surface area contributed by atoms with Gasteiger partial charge in [-0.15, -0.1) is 10.2 Å². The van der Waals surface area contributed by atoms with E-state index in [1.165, 1.54) is 11.8 Å². The Morgan fingerprint density at radius 1 is 1.35 bits per heavy atom. The summed E-state index contributed by atoms with van der Waals surface area (Å²) in [7, 11) is 1.84. The van der Waals surface area contributed by atoms with Crippen molar-refractivity contribution in [3.05, 3.63) is 35.9 Å². The highest BCUT2D eigenvalue weighted by Gasteiger charge is 2.11. The van der Waals surface area contributed by atoms with Gasteiger partial charge in [-0.3, -0.25) is 0 Å². The largest absolute Gasteiger partial charge is 0.311 e. The van der Waals surface area contributed by atoms with Crippen molar-refractivity contribution in [1.29, 1.82) is 0 Å². The van der Waals surface area contributed by atoms with E-state index in [4.69, 9.17) is 0 Å². The molecule has 0 aliphatic carbocycles. The van der Waals surface area contributed by atoms with Crippen molar-refractivity contribution < 1.29 is 4.39 Å². The monoisotopic (exact) mass is 294 g/mol. The molecule has 0 saturated carbocycles. The Labute approximate surface area is 122 Å². The molecule has 0 unspecified atom stereocenters. The van der Waals surface area contributed by atoms with Crippen molar-refractivity contribution in [3.8, 4) is 0 Å². The Bertz CT molecular complexity index is 589. The summed E-state index contributed by atoms with van der Waals surface area (Å²) >= 11 is 1.27. The standard InChI is InChI=1S/C14H19FN4S/c1-14(2,3)16-8-10-5-6-12(11(15)7-10)20-13-18-17-9-19(13)4/h5-7,9,16H,8H2,1-4H3. The van der Waals surface area contributed by atoms with Gasteiger partial charge in [-0.1, -0.05) is 6.07 Å². The molecule has 4 nitrogen and oxygen atoms in total. The van der Waals surface area contributed by atoms with Gasteiger partial charge in [0.25, 0.3) is 0 Å².